The first kappa shape index (κ1) is 14.0. The summed E-state index contributed by atoms with van der Waals surface area (Å²) in [5.74, 6) is 0.945. The summed E-state index contributed by atoms with van der Waals surface area (Å²) in [7, 11) is 0. The van der Waals surface area contributed by atoms with Crippen molar-refractivity contribution in [3.63, 3.8) is 0 Å². The van der Waals surface area contributed by atoms with Crippen LogP contribution >= 0.6 is 0 Å². The number of nitrogens with one attached hydrogen (secondary N) is 1. The minimum Gasteiger partial charge on any atom is -0.384 e. The second kappa shape index (κ2) is 6.14. The van der Waals surface area contributed by atoms with Gasteiger partial charge >= 0.3 is 0 Å². The number of hydrogen-bond acceptors (Lipinski definition) is 5. The number of aromatic nitrogens is 4. The van der Waals surface area contributed by atoms with Crippen LogP contribution in [0.4, 0.5) is 5.82 Å². The van der Waals surface area contributed by atoms with E-state index < -0.39 is 0 Å². The fourth-order valence-corrected chi connectivity index (χ4v) is 1.92. The maximum atomic E-state index is 12.2. The number of hydrogen-bond donors (Lipinski definition) is 2. The van der Waals surface area contributed by atoms with E-state index in [-0.39, 0.29) is 11.9 Å². The fraction of sp³-hybridized carbons (Fsp3) is 0.385. The van der Waals surface area contributed by atoms with E-state index in [2.05, 4.69) is 20.4 Å². The number of carbonyl (C=O) groups is 1. The summed E-state index contributed by atoms with van der Waals surface area (Å²) in [5, 5.41) is 7.06. The van der Waals surface area contributed by atoms with Crippen LogP contribution in [0.2, 0.25) is 0 Å². The molecule has 0 radical (unpaired) electrons. The molecule has 1 amide bonds. The molecule has 106 valence electrons. The molecule has 2 aromatic heterocycles. The maximum Gasteiger partial charge on any atom is 0.253 e. The quantitative estimate of drug-likeness (QED) is 0.852. The van der Waals surface area contributed by atoms with Crippen LogP contribution in [0.3, 0.4) is 0 Å². The lowest BCUT2D eigenvalue weighted by Gasteiger charge is -2.16. The molecule has 2 heterocycles. The zero-order chi connectivity index (χ0) is 14.5. The van der Waals surface area contributed by atoms with E-state index in [1.54, 1.807) is 16.8 Å². The molecule has 0 spiro atoms. The van der Waals surface area contributed by atoms with E-state index >= 15 is 0 Å². The number of nitrogens with zero attached hydrogens (tertiary/aromatic N) is 4. The van der Waals surface area contributed by atoms with Crippen LogP contribution in [0.1, 0.15) is 42.5 Å². The van der Waals surface area contributed by atoms with Gasteiger partial charge in [0.2, 0.25) is 0 Å². The minimum absolute atomic E-state index is 0.178. The van der Waals surface area contributed by atoms with Gasteiger partial charge in [-0.15, -0.1) is 0 Å². The summed E-state index contributed by atoms with van der Waals surface area (Å²) in [6.07, 6.45) is 3.69. The average Bonchev–Trinajstić information content (AvgIpc) is 2.93. The van der Waals surface area contributed by atoms with E-state index in [0.717, 1.165) is 12.2 Å². The Balaban J connectivity index is 2.14. The number of nitrogen functional groups attached to an aromatic ring is 1. The predicted octanol–water partition coefficient (Wildman–Crippen LogP) is 1.16. The molecular weight excluding hydrogens is 256 g/mol. The lowest BCUT2D eigenvalue weighted by Crippen LogP contribution is -2.30. The van der Waals surface area contributed by atoms with Crippen LogP contribution in [-0.4, -0.2) is 25.7 Å². The summed E-state index contributed by atoms with van der Waals surface area (Å²) in [5.41, 5.74) is 5.98. The van der Waals surface area contributed by atoms with E-state index in [0.29, 0.717) is 17.9 Å². The van der Waals surface area contributed by atoms with Gasteiger partial charge in [-0.2, -0.15) is 5.10 Å². The molecule has 1 atom stereocenters. The van der Waals surface area contributed by atoms with Crippen molar-refractivity contribution in [3.05, 3.63) is 36.0 Å². The molecule has 0 aliphatic rings. The van der Waals surface area contributed by atoms with Crippen molar-refractivity contribution in [2.24, 2.45) is 0 Å². The van der Waals surface area contributed by atoms with Gasteiger partial charge in [0.25, 0.3) is 5.91 Å². The first-order chi connectivity index (χ1) is 9.65. The number of aryl methyl sites for hydroxylation is 1. The molecule has 0 aromatic carbocycles. The largest absolute Gasteiger partial charge is 0.384 e. The lowest BCUT2D eigenvalue weighted by atomic mass is 10.2. The predicted molar refractivity (Wildman–Crippen MR) is 74.8 cm³/mol. The number of anilines is 1. The van der Waals surface area contributed by atoms with Crippen molar-refractivity contribution < 1.29 is 4.79 Å². The number of nitrogens with two attached hydrogens (primary N) is 1. The van der Waals surface area contributed by atoms with Crippen molar-refractivity contribution >= 4 is 11.7 Å². The molecule has 2 rings (SSSR count). The summed E-state index contributed by atoms with van der Waals surface area (Å²) in [6.45, 7) is 4.68. The molecular formula is C13H18N6O. The van der Waals surface area contributed by atoms with Gasteiger partial charge in [0.05, 0.1) is 11.6 Å². The molecule has 0 aliphatic carbocycles. The monoisotopic (exact) mass is 274 g/mol. The topological polar surface area (TPSA) is 98.7 Å². The Bertz CT molecular complexity index is 577. The van der Waals surface area contributed by atoms with Crippen molar-refractivity contribution in [2.75, 3.05) is 5.73 Å². The summed E-state index contributed by atoms with van der Waals surface area (Å²) < 4.78 is 1.77. The van der Waals surface area contributed by atoms with Crippen molar-refractivity contribution in [1.29, 1.82) is 0 Å². The van der Waals surface area contributed by atoms with E-state index in [1.165, 1.54) is 12.5 Å². The van der Waals surface area contributed by atoms with Gasteiger partial charge < -0.3 is 11.1 Å². The molecule has 2 aromatic rings. The molecule has 0 bridgehead atoms. The van der Waals surface area contributed by atoms with Gasteiger partial charge in [0, 0.05) is 12.7 Å². The first-order valence-electron chi connectivity index (χ1n) is 6.55. The van der Waals surface area contributed by atoms with Crippen LogP contribution in [0.25, 0.3) is 0 Å². The van der Waals surface area contributed by atoms with Crippen molar-refractivity contribution in [1.82, 2.24) is 25.1 Å². The molecule has 7 nitrogen and oxygen atoms in total. The first-order valence-corrected chi connectivity index (χ1v) is 6.55. The third kappa shape index (κ3) is 2.93. The molecule has 0 fully saturated rings. The van der Waals surface area contributed by atoms with Gasteiger partial charge in [0.1, 0.15) is 18.0 Å². The third-order valence-corrected chi connectivity index (χ3v) is 3.02. The highest BCUT2D eigenvalue weighted by Crippen LogP contribution is 2.14. The van der Waals surface area contributed by atoms with Gasteiger partial charge in [-0.3, -0.25) is 4.79 Å². The van der Waals surface area contributed by atoms with Gasteiger partial charge in [-0.25, -0.2) is 14.6 Å². The number of rotatable bonds is 5. The lowest BCUT2D eigenvalue weighted by molar-refractivity contribution is 0.0932. The second-order valence-electron chi connectivity index (χ2n) is 4.34. The SMILES string of the molecule is CC[C@H](NC(=O)c1ccc(N)nc1)c1ncnn1CC. The van der Waals surface area contributed by atoms with Gasteiger partial charge in [0.15, 0.2) is 0 Å². The van der Waals surface area contributed by atoms with Crippen LogP contribution in [0.5, 0.6) is 0 Å². The van der Waals surface area contributed by atoms with Crippen LogP contribution in [-0.2, 0) is 6.54 Å². The molecule has 3 N–H and O–H groups in total. The number of pyridine rings is 1. The molecule has 20 heavy (non-hydrogen) atoms. The van der Waals surface area contributed by atoms with E-state index in [9.17, 15) is 4.79 Å². The van der Waals surface area contributed by atoms with Crippen LogP contribution in [0, 0.1) is 0 Å². The maximum absolute atomic E-state index is 12.2. The Morgan fingerprint density at radius 2 is 2.20 bits per heavy atom. The Morgan fingerprint density at radius 3 is 2.80 bits per heavy atom. The average molecular weight is 274 g/mol. The standard InChI is InChI=1S/C13H18N6O/c1-3-10(12-16-8-17-19(12)4-2)18-13(20)9-5-6-11(14)15-7-9/h5-8,10H,3-4H2,1-2H3,(H2,14,15)(H,18,20)/t10-/m0/s1. The number of carbonyl (C=O) groups excluding carboxylic acids is 1. The Hall–Kier alpha value is -2.44. The van der Waals surface area contributed by atoms with E-state index in [1.807, 2.05) is 13.8 Å². The highest BCUT2D eigenvalue weighted by Gasteiger charge is 2.18. The van der Waals surface area contributed by atoms with Gasteiger partial charge in [-0.1, -0.05) is 6.92 Å². The third-order valence-electron chi connectivity index (χ3n) is 3.02. The summed E-state index contributed by atoms with van der Waals surface area (Å²) in [4.78, 5) is 20.3. The molecule has 7 heteroatoms. The highest BCUT2D eigenvalue weighted by molar-refractivity contribution is 5.94. The molecule has 0 unspecified atom stereocenters. The normalized spacial score (nSPS) is 12.1. The fourth-order valence-electron chi connectivity index (χ4n) is 1.92. The Kier molecular flexibility index (Phi) is 4.29. The van der Waals surface area contributed by atoms with E-state index in [4.69, 9.17) is 5.73 Å². The van der Waals surface area contributed by atoms with Crippen molar-refractivity contribution in [3.8, 4) is 0 Å². The Morgan fingerprint density at radius 1 is 1.40 bits per heavy atom. The minimum atomic E-state index is -0.199. The number of amides is 1. The van der Waals surface area contributed by atoms with Crippen LogP contribution in [0.15, 0.2) is 24.7 Å². The Labute approximate surface area is 117 Å². The zero-order valence-electron chi connectivity index (χ0n) is 11.6. The smallest absolute Gasteiger partial charge is 0.253 e. The molecule has 0 saturated carbocycles. The summed E-state index contributed by atoms with van der Waals surface area (Å²) >= 11 is 0. The molecule has 0 aliphatic heterocycles. The second-order valence-corrected chi connectivity index (χ2v) is 4.34. The zero-order valence-corrected chi connectivity index (χ0v) is 11.6. The van der Waals surface area contributed by atoms with Gasteiger partial charge in [-0.05, 0) is 25.5 Å². The molecule has 0 saturated heterocycles. The van der Waals surface area contributed by atoms with Crippen LogP contribution < -0.4 is 11.1 Å². The highest BCUT2D eigenvalue weighted by atomic mass is 16.1. The van der Waals surface area contributed by atoms with Crippen molar-refractivity contribution in [2.45, 2.75) is 32.9 Å². The summed E-state index contributed by atoms with van der Waals surface area (Å²) in [6, 6.07) is 3.07.